The second-order valence-electron chi connectivity index (χ2n) is 5.32. The lowest BCUT2D eigenvalue weighted by molar-refractivity contribution is 0.597. The van der Waals surface area contributed by atoms with Crippen LogP contribution in [0.2, 0.25) is 0 Å². The largest absolute Gasteiger partial charge is 0.328 e. The van der Waals surface area contributed by atoms with Crippen molar-refractivity contribution in [2.24, 2.45) is 5.73 Å². The molecule has 3 heteroatoms. The van der Waals surface area contributed by atoms with Crippen molar-refractivity contribution in [3.05, 3.63) is 58.9 Å². The Balaban J connectivity index is 2.23. The lowest BCUT2D eigenvalue weighted by Crippen LogP contribution is -2.17. The molecule has 1 unspecified atom stereocenters. The minimum Gasteiger partial charge on any atom is -0.328 e. The quantitative estimate of drug-likeness (QED) is 0.898. The van der Waals surface area contributed by atoms with Gasteiger partial charge in [0.1, 0.15) is 5.82 Å². The van der Waals surface area contributed by atoms with E-state index in [1.807, 2.05) is 32.9 Å². The molecule has 2 rings (SSSR count). The van der Waals surface area contributed by atoms with Gasteiger partial charge in [-0.3, -0.25) is 0 Å². The second kappa shape index (κ2) is 6.42. The number of hydrogen-bond acceptors (Lipinski definition) is 2. The monoisotopic (exact) mass is 289 g/mol. The lowest BCUT2D eigenvalue weighted by atomic mass is 10.1. The Labute approximate surface area is 124 Å². The minimum atomic E-state index is -0.172. The molecule has 2 aromatic carbocycles. The summed E-state index contributed by atoms with van der Waals surface area (Å²) in [5.74, 6) is -0.172. The molecule has 0 heterocycles. The van der Waals surface area contributed by atoms with E-state index in [1.165, 1.54) is 22.9 Å². The molecule has 1 atom stereocenters. The Morgan fingerprint density at radius 3 is 2.50 bits per heavy atom. The van der Waals surface area contributed by atoms with Crippen molar-refractivity contribution in [3.63, 3.8) is 0 Å². The van der Waals surface area contributed by atoms with Crippen molar-refractivity contribution in [2.75, 3.05) is 0 Å². The summed E-state index contributed by atoms with van der Waals surface area (Å²) in [6.45, 7) is 6.02. The molecule has 0 bridgehead atoms. The molecule has 0 spiro atoms. The number of rotatable bonds is 4. The van der Waals surface area contributed by atoms with E-state index in [9.17, 15) is 4.39 Å². The summed E-state index contributed by atoms with van der Waals surface area (Å²) in [5, 5.41) is 0. The minimum absolute atomic E-state index is 0.0481. The Morgan fingerprint density at radius 2 is 1.85 bits per heavy atom. The molecule has 106 valence electrons. The first-order valence-corrected chi connectivity index (χ1v) is 7.56. The fourth-order valence-electron chi connectivity index (χ4n) is 2.06. The highest BCUT2D eigenvalue weighted by molar-refractivity contribution is 7.99. The molecule has 0 fully saturated rings. The summed E-state index contributed by atoms with van der Waals surface area (Å²) in [5.41, 5.74) is 9.05. The molecule has 0 saturated carbocycles. The molecule has 2 N–H and O–H groups in total. The van der Waals surface area contributed by atoms with Crippen LogP contribution in [-0.2, 0) is 6.42 Å². The van der Waals surface area contributed by atoms with Crippen molar-refractivity contribution in [1.29, 1.82) is 0 Å². The summed E-state index contributed by atoms with van der Waals surface area (Å²) in [6.07, 6.45) is 0.700. The fraction of sp³-hybridized carbons (Fsp3) is 0.294. The third kappa shape index (κ3) is 3.84. The van der Waals surface area contributed by atoms with Crippen LogP contribution in [0.3, 0.4) is 0 Å². The predicted molar refractivity (Wildman–Crippen MR) is 83.8 cm³/mol. The zero-order valence-corrected chi connectivity index (χ0v) is 12.9. The van der Waals surface area contributed by atoms with Gasteiger partial charge < -0.3 is 5.73 Å². The summed E-state index contributed by atoms with van der Waals surface area (Å²) >= 11 is 1.48. The van der Waals surface area contributed by atoms with Gasteiger partial charge in [0.15, 0.2) is 0 Å². The van der Waals surface area contributed by atoms with Crippen LogP contribution in [0.4, 0.5) is 4.39 Å². The molecular formula is C17H20FNS. The number of nitrogens with two attached hydrogens (primary N) is 1. The molecule has 1 nitrogen and oxygen atoms in total. The first kappa shape index (κ1) is 15.1. The van der Waals surface area contributed by atoms with Gasteiger partial charge in [0, 0.05) is 15.8 Å². The maximum Gasteiger partial charge on any atom is 0.137 e. The van der Waals surface area contributed by atoms with E-state index in [1.54, 1.807) is 6.07 Å². The van der Waals surface area contributed by atoms with Crippen LogP contribution in [0.5, 0.6) is 0 Å². The van der Waals surface area contributed by atoms with Crippen LogP contribution in [0, 0.1) is 19.7 Å². The standard InChI is InChI=1S/C17H20FNS/c1-11-4-5-12(2)17(8-11)20-16-7-6-14(9-13(3)19)10-15(16)18/h4-8,10,13H,9,19H2,1-3H3. The topological polar surface area (TPSA) is 26.0 Å². The van der Waals surface area contributed by atoms with Crippen LogP contribution >= 0.6 is 11.8 Å². The van der Waals surface area contributed by atoms with Crippen LogP contribution in [0.25, 0.3) is 0 Å². The maximum atomic E-state index is 14.2. The summed E-state index contributed by atoms with van der Waals surface area (Å²) < 4.78 is 14.2. The second-order valence-corrected chi connectivity index (χ2v) is 6.40. The van der Waals surface area contributed by atoms with Gasteiger partial charge in [0.25, 0.3) is 0 Å². The third-order valence-electron chi connectivity index (χ3n) is 3.12. The Bertz CT molecular complexity index is 608. The molecule has 0 amide bonds. The summed E-state index contributed by atoms with van der Waals surface area (Å²) in [4.78, 5) is 1.76. The molecular weight excluding hydrogens is 269 g/mol. The molecule has 20 heavy (non-hydrogen) atoms. The highest BCUT2D eigenvalue weighted by Crippen LogP contribution is 2.33. The maximum absolute atomic E-state index is 14.2. The van der Waals surface area contributed by atoms with Gasteiger partial charge in [-0.2, -0.15) is 0 Å². The van der Waals surface area contributed by atoms with Crippen molar-refractivity contribution in [3.8, 4) is 0 Å². The van der Waals surface area contributed by atoms with E-state index in [0.717, 1.165) is 10.5 Å². The van der Waals surface area contributed by atoms with E-state index in [2.05, 4.69) is 18.2 Å². The molecule has 0 radical (unpaired) electrons. The normalized spacial score (nSPS) is 12.4. The molecule has 0 aliphatic heterocycles. The van der Waals surface area contributed by atoms with Crippen molar-refractivity contribution in [1.82, 2.24) is 0 Å². The zero-order chi connectivity index (χ0) is 14.7. The average Bonchev–Trinajstić information content (AvgIpc) is 2.36. The van der Waals surface area contributed by atoms with E-state index < -0.39 is 0 Å². The van der Waals surface area contributed by atoms with E-state index in [4.69, 9.17) is 5.73 Å². The predicted octanol–water partition coefficient (Wildman–Crippen LogP) is 4.48. The summed E-state index contributed by atoms with van der Waals surface area (Å²) in [7, 11) is 0. The molecule has 0 aliphatic rings. The van der Waals surface area contributed by atoms with Gasteiger partial charge in [-0.1, -0.05) is 30.0 Å². The lowest BCUT2D eigenvalue weighted by Gasteiger charge is -2.10. The van der Waals surface area contributed by atoms with Gasteiger partial charge in [0.05, 0.1) is 0 Å². The zero-order valence-electron chi connectivity index (χ0n) is 12.1. The molecule has 0 aromatic heterocycles. The van der Waals surface area contributed by atoms with Gasteiger partial charge in [-0.15, -0.1) is 0 Å². The molecule has 0 aliphatic carbocycles. The van der Waals surface area contributed by atoms with Crippen molar-refractivity contribution < 1.29 is 4.39 Å². The van der Waals surface area contributed by atoms with E-state index in [-0.39, 0.29) is 11.9 Å². The van der Waals surface area contributed by atoms with Crippen LogP contribution < -0.4 is 5.73 Å². The smallest absolute Gasteiger partial charge is 0.137 e. The van der Waals surface area contributed by atoms with E-state index in [0.29, 0.717) is 11.3 Å². The van der Waals surface area contributed by atoms with Gasteiger partial charge >= 0.3 is 0 Å². The van der Waals surface area contributed by atoms with Crippen molar-refractivity contribution in [2.45, 2.75) is 43.0 Å². The average molecular weight is 289 g/mol. The number of aryl methyl sites for hydroxylation is 2. The van der Waals surface area contributed by atoms with Gasteiger partial charge in [-0.25, -0.2) is 4.39 Å². The Kier molecular flexibility index (Phi) is 4.84. The van der Waals surface area contributed by atoms with Gasteiger partial charge in [-0.05, 0) is 62.1 Å². The highest BCUT2D eigenvalue weighted by Gasteiger charge is 2.08. The number of halogens is 1. The molecule has 2 aromatic rings. The fourth-order valence-corrected chi connectivity index (χ4v) is 3.06. The SMILES string of the molecule is Cc1ccc(C)c(Sc2ccc(CC(C)N)cc2F)c1. The number of benzene rings is 2. The highest BCUT2D eigenvalue weighted by atomic mass is 32.2. The van der Waals surface area contributed by atoms with E-state index >= 15 is 0 Å². The van der Waals surface area contributed by atoms with Crippen LogP contribution in [0.15, 0.2) is 46.2 Å². The van der Waals surface area contributed by atoms with Crippen LogP contribution in [0.1, 0.15) is 23.6 Å². The first-order valence-electron chi connectivity index (χ1n) is 6.75. The van der Waals surface area contributed by atoms with Crippen molar-refractivity contribution >= 4 is 11.8 Å². The Morgan fingerprint density at radius 1 is 1.10 bits per heavy atom. The first-order chi connectivity index (χ1) is 9.45. The van der Waals surface area contributed by atoms with Gasteiger partial charge in [0.2, 0.25) is 0 Å². The van der Waals surface area contributed by atoms with Crippen LogP contribution in [-0.4, -0.2) is 6.04 Å². The Hall–Kier alpha value is -1.32. The molecule has 0 saturated heterocycles. The third-order valence-corrected chi connectivity index (χ3v) is 4.33. The number of hydrogen-bond donors (Lipinski definition) is 1. The summed E-state index contributed by atoms with van der Waals surface area (Å²) in [6, 6.07) is 11.7.